The molecule has 82 heavy (non-hydrogen) atoms. The number of hydrogen-bond donors (Lipinski definition) is 2. The van der Waals surface area contributed by atoms with E-state index in [0.29, 0.717) is 89.4 Å². The first kappa shape index (κ1) is 58.6. The number of anilines is 2. The van der Waals surface area contributed by atoms with Crippen molar-refractivity contribution in [1.29, 1.82) is 0 Å². The number of nitrogens with zero attached hydrogens (tertiary/aromatic N) is 2. The van der Waals surface area contributed by atoms with E-state index >= 15 is 0 Å². The zero-order valence-electron chi connectivity index (χ0n) is 47.7. The van der Waals surface area contributed by atoms with Crippen molar-refractivity contribution in [3.8, 4) is 11.5 Å². The number of nitrogens with one attached hydrogen (secondary N) is 2. The van der Waals surface area contributed by atoms with Gasteiger partial charge in [-0.15, -0.1) is 0 Å². The standard InChI is InChI=1S/2C32H39ClN2O5S/c2*1-20-5-6-21(2)41(38,39)34-31(37)23-8-12-30-28(16-23)35(17-24-7-10-26(24)29(36)14-20)18-32(19-40-30)13-3-4-22-15-25(33)9-11-27(22)32/h2*8-9,11-12,15-16,20-21,24,26H,3-7,10,13-14,17-19H2,1-2H3,(H,34,37)/t20-,21+,24+,26-,32+;20-,21-,24-,26+,32-/m10/s1. The average molecular weight is 1200 g/mol. The number of rotatable bonds is 0. The van der Waals surface area contributed by atoms with E-state index < -0.39 is 42.4 Å². The Morgan fingerprint density at radius 3 is 1.33 bits per heavy atom. The van der Waals surface area contributed by atoms with Crippen LogP contribution in [0.15, 0.2) is 72.8 Å². The number of Topliss-reactive ketones (excluding diaryl/α,β-unsaturated/α-hetero) is 2. The van der Waals surface area contributed by atoms with Crippen molar-refractivity contribution in [3.63, 3.8) is 0 Å². The maximum atomic E-state index is 13.4. The van der Waals surface area contributed by atoms with E-state index in [1.165, 1.54) is 22.3 Å². The summed E-state index contributed by atoms with van der Waals surface area (Å²) in [6.07, 6.45) is 12.6. The van der Waals surface area contributed by atoms with Crippen LogP contribution in [-0.4, -0.2) is 90.1 Å². The molecule has 0 unspecified atom stereocenters. The van der Waals surface area contributed by atoms with Crippen LogP contribution in [0, 0.1) is 35.5 Å². The minimum Gasteiger partial charge on any atom is -0.490 e. The molecule has 2 amide bonds. The summed E-state index contributed by atoms with van der Waals surface area (Å²) in [5, 5.41) is -0.0234. The van der Waals surface area contributed by atoms with Gasteiger partial charge >= 0.3 is 0 Å². The molecule has 8 aliphatic rings. The first-order valence-corrected chi connectivity index (χ1v) is 33.7. The Morgan fingerprint density at radius 1 is 0.524 bits per heavy atom. The number of benzene rings is 4. The Bertz CT molecular complexity index is 3170. The van der Waals surface area contributed by atoms with E-state index in [2.05, 4.69) is 43.5 Å². The van der Waals surface area contributed by atoms with Gasteiger partial charge in [-0.25, -0.2) is 26.3 Å². The minimum atomic E-state index is -3.87. The predicted octanol–water partition coefficient (Wildman–Crippen LogP) is 11.4. The summed E-state index contributed by atoms with van der Waals surface area (Å²) in [4.78, 5) is 58.0. The van der Waals surface area contributed by atoms with Gasteiger partial charge in [0.15, 0.2) is 0 Å². The average Bonchev–Trinajstić information content (AvgIpc) is 2.63. The number of amides is 2. The van der Waals surface area contributed by atoms with Crippen molar-refractivity contribution in [2.24, 2.45) is 35.5 Å². The second-order valence-electron chi connectivity index (χ2n) is 25.7. The van der Waals surface area contributed by atoms with Gasteiger partial charge < -0.3 is 19.3 Å². The number of hydrogen-bond acceptors (Lipinski definition) is 12. The van der Waals surface area contributed by atoms with Gasteiger partial charge in [-0.05, 0) is 210 Å². The fraction of sp³-hybridized carbons (Fsp3) is 0.562. The summed E-state index contributed by atoms with van der Waals surface area (Å²) in [5.74, 6) is 1.33. The third-order valence-electron chi connectivity index (χ3n) is 19.9. The molecule has 10 atom stereocenters. The molecule has 440 valence electrons. The quantitative estimate of drug-likeness (QED) is 0.170. The number of ether oxygens (including phenoxy) is 2. The van der Waals surface area contributed by atoms with Crippen LogP contribution < -0.4 is 28.7 Å². The van der Waals surface area contributed by atoms with E-state index in [0.717, 1.165) is 85.6 Å². The molecule has 18 heteroatoms. The molecule has 4 aromatic carbocycles. The highest BCUT2D eigenvalue weighted by Gasteiger charge is 2.47. The SMILES string of the molecule is C[C@@H]1CC[C@H](C)S(=O)(=O)NC(=O)c2ccc3c(c2)N(C[C@@H]2CC[C@H]2C(=O)C1)C[C@@]1(CCCc2cc(Cl)ccc21)CO3.C[C@H]1CC[C@H](C)S(=O)(=O)NC(=O)c2ccc3c(c2)N(C[C@@H]2CC[C@H]2C(=O)C1)C[C@@]1(CCCc2cc(Cl)ccc21)CO3. The van der Waals surface area contributed by atoms with Crippen LogP contribution in [-0.2, 0) is 53.3 Å². The molecule has 2 spiro atoms. The molecule has 2 N–H and O–H groups in total. The molecular formula is C64H78Cl2N4O10S2. The first-order valence-electron chi connectivity index (χ1n) is 29.9. The zero-order chi connectivity index (χ0) is 57.9. The van der Waals surface area contributed by atoms with E-state index in [9.17, 15) is 36.0 Å². The molecule has 2 fully saturated rings. The van der Waals surface area contributed by atoms with Crippen LogP contribution in [0.5, 0.6) is 11.5 Å². The fourth-order valence-electron chi connectivity index (χ4n) is 14.6. The maximum Gasteiger partial charge on any atom is 0.264 e. The van der Waals surface area contributed by atoms with Gasteiger partial charge in [0.25, 0.3) is 11.8 Å². The van der Waals surface area contributed by atoms with E-state index in [1.807, 2.05) is 26.0 Å². The Balaban J connectivity index is 0.000000172. The Kier molecular flexibility index (Phi) is 16.7. The highest BCUT2D eigenvalue weighted by atomic mass is 35.5. The molecule has 14 nitrogen and oxygen atoms in total. The summed E-state index contributed by atoms with van der Waals surface area (Å²) in [6.45, 7) is 11.0. The number of sulfonamides is 2. The van der Waals surface area contributed by atoms with Crippen LogP contribution in [0.3, 0.4) is 0 Å². The molecule has 12 rings (SSSR count). The monoisotopic (exact) mass is 1200 g/mol. The second-order valence-corrected chi connectivity index (χ2v) is 30.8. The molecule has 4 bridgehead atoms. The van der Waals surface area contributed by atoms with Gasteiger partial charge in [0.2, 0.25) is 20.0 Å². The van der Waals surface area contributed by atoms with Crippen molar-refractivity contribution < 1.29 is 45.5 Å². The summed E-state index contributed by atoms with van der Waals surface area (Å²) in [5.41, 5.74) is 6.58. The summed E-state index contributed by atoms with van der Waals surface area (Å²) in [6, 6.07) is 22.7. The topological polar surface area (TPSA) is 186 Å². The number of fused-ring (bicyclic) bond motifs is 8. The molecule has 4 aliphatic carbocycles. The van der Waals surface area contributed by atoms with Gasteiger partial charge in [-0.2, -0.15) is 0 Å². The highest BCUT2D eigenvalue weighted by Crippen LogP contribution is 2.49. The number of carbonyl (C=O) groups is 4. The lowest BCUT2D eigenvalue weighted by Gasteiger charge is -2.44. The molecule has 0 aromatic heterocycles. The third kappa shape index (κ3) is 11.9. The number of aryl methyl sites for hydroxylation is 2. The molecule has 2 saturated carbocycles. The molecule has 4 heterocycles. The largest absolute Gasteiger partial charge is 0.490 e. The summed E-state index contributed by atoms with van der Waals surface area (Å²) < 4.78 is 69.7. The fourth-order valence-corrected chi connectivity index (χ4v) is 17.1. The van der Waals surface area contributed by atoms with Gasteiger partial charge in [-0.1, -0.05) is 49.2 Å². The molecular weight excluding hydrogens is 1120 g/mol. The highest BCUT2D eigenvalue weighted by molar-refractivity contribution is 7.91. The number of halogens is 2. The molecule has 0 saturated heterocycles. The van der Waals surface area contributed by atoms with Crippen LogP contribution in [0.1, 0.15) is 161 Å². The van der Waals surface area contributed by atoms with Gasteiger partial charge in [0.05, 0.1) is 35.1 Å². The lowest BCUT2D eigenvalue weighted by Crippen LogP contribution is -2.49. The zero-order valence-corrected chi connectivity index (χ0v) is 50.8. The van der Waals surface area contributed by atoms with Crippen molar-refractivity contribution in [1.82, 2.24) is 9.44 Å². The van der Waals surface area contributed by atoms with Crippen molar-refractivity contribution in [2.75, 3.05) is 49.2 Å². The van der Waals surface area contributed by atoms with Crippen molar-refractivity contribution in [2.45, 2.75) is 152 Å². The third-order valence-corrected chi connectivity index (χ3v) is 23.9. The summed E-state index contributed by atoms with van der Waals surface area (Å²) >= 11 is 12.8. The van der Waals surface area contributed by atoms with E-state index in [1.54, 1.807) is 50.2 Å². The summed E-state index contributed by atoms with van der Waals surface area (Å²) in [7, 11) is -7.75. The smallest absolute Gasteiger partial charge is 0.264 e. The van der Waals surface area contributed by atoms with Crippen LogP contribution in [0.25, 0.3) is 0 Å². The Hall–Kier alpha value is -5.16. The predicted molar refractivity (Wildman–Crippen MR) is 321 cm³/mol. The normalized spacial score (nSPS) is 31.6. The first-order chi connectivity index (χ1) is 39.1. The van der Waals surface area contributed by atoms with Crippen LogP contribution in [0.4, 0.5) is 11.4 Å². The lowest BCUT2D eigenvalue weighted by atomic mass is 9.68. The Labute approximate surface area is 494 Å². The molecule has 4 aromatic rings. The lowest BCUT2D eigenvalue weighted by molar-refractivity contribution is -0.129. The van der Waals surface area contributed by atoms with Crippen LogP contribution >= 0.6 is 23.2 Å². The number of carbonyl (C=O) groups excluding carboxylic acids is 4. The van der Waals surface area contributed by atoms with E-state index in [-0.39, 0.29) is 69.0 Å². The van der Waals surface area contributed by atoms with Gasteiger partial charge in [0.1, 0.15) is 23.1 Å². The number of ketones is 2. The molecule has 4 aliphatic heterocycles. The van der Waals surface area contributed by atoms with Crippen molar-refractivity contribution >= 4 is 78.0 Å². The van der Waals surface area contributed by atoms with Gasteiger partial charge in [0, 0.05) is 82.9 Å². The van der Waals surface area contributed by atoms with E-state index in [4.69, 9.17) is 32.7 Å². The molecule has 0 radical (unpaired) electrons. The minimum absolute atomic E-state index is 0.0130. The maximum absolute atomic E-state index is 13.4. The van der Waals surface area contributed by atoms with Gasteiger partial charge in [-0.3, -0.25) is 19.2 Å². The van der Waals surface area contributed by atoms with Crippen molar-refractivity contribution in [3.05, 3.63) is 116 Å². The second kappa shape index (κ2) is 23.4. The Morgan fingerprint density at radius 2 is 0.939 bits per heavy atom. The van der Waals surface area contributed by atoms with Crippen LogP contribution in [0.2, 0.25) is 10.0 Å².